The summed E-state index contributed by atoms with van der Waals surface area (Å²) < 4.78 is 12.9. The molecule has 0 radical (unpaired) electrons. The predicted molar refractivity (Wildman–Crippen MR) is 120 cm³/mol. The van der Waals surface area contributed by atoms with E-state index in [1.165, 1.54) is 0 Å². The molecule has 0 bridgehead atoms. The van der Waals surface area contributed by atoms with Crippen LogP contribution in [0.3, 0.4) is 0 Å². The van der Waals surface area contributed by atoms with Gasteiger partial charge in [0.2, 0.25) is 0 Å². The lowest BCUT2D eigenvalue weighted by atomic mass is 10.0. The summed E-state index contributed by atoms with van der Waals surface area (Å²) >= 11 is 5.13. The lowest BCUT2D eigenvalue weighted by Crippen LogP contribution is -2.25. The first kappa shape index (κ1) is 20.5. The Balaban J connectivity index is 1.74. The summed E-state index contributed by atoms with van der Waals surface area (Å²) in [6, 6.07) is 14.9. The third-order valence-corrected chi connectivity index (χ3v) is 5.38. The number of methoxy groups -OCH3 is 2. The van der Waals surface area contributed by atoms with Crippen LogP contribution in [0.2, 0.25) is 0 Å². The standard InChI is InChI=1S/C22H21N5O3S/c1-27-20(25-26-22(27)31)12-23-21(28)15-11-17(24-16-7-5-4-6-14(15)16)13-8-9-18(29-2)19(10-13)30-3/h4-11H,12H2,1-3H3,(H,23,28)(H,26,31). The van der Waals surface area contributed by atoms with Crippen molar-refractivity contribution in [2.45, 2.75) is 6.54 Å². The van der Waals surface area contributed by atoms with Gasteiger partial charge in [-0.2, -0.15) is 5.10 Å². The molecule has 8 nitrogen and oxygen atoms in total. The predicted octanol–water partition coefficient (Wildman–Crippen LogP) is 3.64. The second-order valence-electron chi connectivity index (χ2n) is 6.83. The number of ether oxygens (including phenoxy) is 2. The van der Waals surface area contributed by atoms with Crippen molar-refractivity contribution in [3.63, 3.8) is 0 Å². The van der Waals surface area contributed by atoms with E-state index >= 15 is 0 Å². The lowest BCUT2D eigenvalue weighted by molar-refractivity contribution is 0.0951. The number of benzene rings is 2. The Morgan fingerprint density at radius 1 is 1.13 bits per heavy atom. The second kappa shape index (κ2) is 8.57. The number of aromatic nitrogens is 4. The number of para-hydroxylation sites is 1. The number of fused-ring (bicyclic) bond motifs is 1. The Morgan fingerprint density at radius 2 is 1.90 bits per heavy atom. The van der Waals surface area contributed by atoms with Crippen molar-refractivity contribution >= 4 is 29.0 Å². The highest BCUT2D eigenvalue weighted by atomic mass is 32.1. The number of aromatic amines is 1. The largest absolute Gasteiger partial charge is 0.493 e. The van der Waals surface area contributed by atoms with Crippen molar-refractivity contribution < 1.29 is 14.3 Å². The first-order valence-corrected chi connectivity index (χ1v) is 9.93. The van der Waals surface area contributed by atoms with E-state index in [0.29, 0.717) is 33.4 Å². The maximum absolute atomic E-state index is 13.1. The van der Waals surface area contributed by atoms with E-state index in [1.54, 1.807) is 31.9 Å². The first-order valence-electron chi connectivity index (χ1n) is 9.52. The monoisotopic (exact) mass is 435 g/mol. The quantitative estimate of drug-likeness (QED) is 0.449. The van der Waals surface area contributed by atoms with Gasteiger partial charge in [0.15, 0.2) is 22.1 Å². The van der Waals surface area contributed by atoms with E-state index in [1.807, 2.05) is 42.5 Å². The van der Waals surface area contributed by atoms with Crippen LogP contribution in [-0.4, -0.2) is 39.9 Å². The van der Waals surface area contributed by atoms with Gasteiger partial charge in [-0.05, 0) is 42.5 Å². The molecule has 0 unspecified atom stereocenters. The summed E-state index contributed by atoms with van der Waals surface area (Å²) in [5, 5.41) is 10.5. The van der Waals surface area contributed by atoms with Crippen LogP contribution >= 0.6 is 12.2 Å². The fourth-order valence-corrected chi connectivity index (χ4v) is 3.45. The zero-order chi connectivity index (χ0) is 22.0. The summed E-state index contributed by atoms with van der Waals surface area (Å²) in [5.74, 6) is 1.62. The molecule has 1 amide bonds. The highest BCUT2D eigenvalue weighted by molar-refractivity contribution is 7.71. The Bertz CT molecular complexity index is 1330. The third kappa shape index (κ3) is 3.99. The molecule has 0 saturated carbocycles. The molecule has 4 rings (SSSR count). The number of hydrogen-bond acceptors (Lipinski definition) is 6. The molecule has 158 valence electrons. The summed E-state index contributed by atoms with van der Waals surface area (Å²) in [5.41, 5.74) is 2.71. The fourth-order valence-electron chi connectivity index (χ4n) is 3.30. The molecule has 2 aromatic carbocycles. The number of pyridine rings is 1. The average molecular weight is 436 g/mol. The smallest absolute Gasteiger partial charge is 0.252 e. The molecule has 31 heavy (non-hydrogen) atoms. The average Bonchev–Trinajstić information content (AvgIpc) is 3.13. The van der Waals surface area contributed by atoms with E-state index < -0.39 is 0 Å². The zero-order valence-corrected chi connectivity index (χ0v) is 18.1. The topological polar surface area (TPSA) is 94.1 Å². The van der Waals surface area contributed by atoms with Gasteiger partial charge in [-0.25, -0.2) is 4.98 Å². The SMILES string of the molecule is COc1ccc(-c2cc(C(=O)NCc3n[nH]c(=S)n3C)c3ccccc3n2)cc1OC. The molecule has 0 spiro atoms. The van der Waals surface area contributed by atoms with Gasteiger partial charge in [0.1, 0.15) is 0 Å². The number of nitrogens with one attached hydrogen (secondary N) is 2. The van der Waals surface area contributed by atoms with Crippen LogP contribution in [0.25, 0.3) is 22.2 Å². The summed E-state index contributed by atoms with van der Waals surface area (Å²) in [7, 11) is 4.96. The molecule has 2 heterocycles. The van der Waals surface area contributed by atoms with Gasteiger partial charge >= 0.3 is 0 Å². The molecule has 0 saturated heterocycles. The van der Waals surface area contributed by atoms with Crippen molar-refractivity contribution in [1.82, 2.24) is 25.1 Å². The molecule has 0 fully saturated rings. The van der Waals surface area contributed by atoms with Crippen LogP contribution in [0.15, 0.2) is 48.5 Å². The van der Waals surface area contributed by atoms with Crippen LogP contribution in [0, 0.1) is 4.77 Å². The molecule has 0 aliphatic rings. The second-order valence-corrected chi connectivity index (χ2v) is 7.22. The Hall–Kier alpha value is -3.72. The van der Waals surface area contributed by atoms with E-state index in [2.05, 4.69) is 15.5 Å². The third-order valence-electron chi connectivity index (χ3n) is 5.02. The van der Waals surface area contributed by atoms with Crippen LogP contribution in [0.5, 0.6) is 11.5 Å². The zero-order valence-electron chi connectivity index (χ0n) is 17.3. The van der Waals surface area contributed by atoms with Crippen molar-refractivity contribution in [2.24, 2.45) is 7.05 Å². The van der Waals surface area contributed by atoms with E-state index in [0.717, 1.165) is 16.5 Å². The van der Waals surface area contributed by atoms with E-state index in [4.69, 9.17) is 26.7 Å². The minimum Gasteiger partial charge on any atom is -0.493 e. The van der Waals surface area contributed by atoms with Gasteiger partial charge in [-0.3, -0.25) is 9.89 Å². The van der Waals surface area contributed by atoms with Gasteiger partial charge < -0.3 is 19.4 Å². The number of amides is 1. The Labute approximate surface area is 183 Å². The fraction of sp³-hybridized carbons (Fsp3) is 0.182. The molecule has 0 aliphatic heterocycles. The molecular formula is C22H21N5O3S. The number of H-pyrrole nitrogens is 1. The minimum atomic E-state index is -0.228. The van der Waals surface area contributed by atoms with Crippen LogP contribution in [-0.2, 0) is 13.6 Å². The lowest BCUT2D eigenvalue weighted by Gasteiger charge is -2.12. The van der Waals surface area contributed by atoms with E-state index in [9.17, 15) is 4.79 Å². The number of carbonyl (C=O) groups is 1. The number of nitrogens with zero attached hydrogens (tertiary/aromatic N) is 3. The number of carbonyl (C=O) groups excluding carboxylic acids is 1. The summed E-state index contributed by atoms with van der Waals surface area (Å²) in [6.45, 7) is 0.241. The van der Waals surface area contributed by atoms with Crippen LogP contribution < -0.4 is 14.8 Å². The number of hydrogen-bond donors (Lipinski definition) is 2. The molecule has 0 aliphatic carbocycles. The van der Waals surface area contributed by atoms with Crippen molar-refractivity contribution in [3.8, 4) is 22.8 Å². The van der Waals surface area contributed by atoms with Gasteiger partial charge in [-0.15, -0.1) is 0 Å². The molecule has 4 aromatic rings. The summed E-state index contributed by atoms with van der Waals surface area (Å²) in [4.78, 5) is 17.8. The molecule has 2 aromatic heterocycles. The van der Waals surface area contributed by atoms with Gasteiger partial charge in [0.05, 0.1) is 37.5 Å². The number of rotatable bonds is 6. The molecule has 2 N–H and O–H groups in total. The molecular weight excluding hydrogens is 414 g/mol. The van der Waals surface area contributed by atoms with Crippen LogP contribution in [0.1, 0.15) is 16.2 Å². The maximum Gasteiger partial charge on any atom is 0.252 e. The van der Waals surface area contributed by atoms with Gasteiger partial charge in [-0.1, -0.05) is 18.2 Å². The Morgan fingerprint density at radius 3 is 2.61 bits per heavy atom. The van der Waals surface area contributed by atoms with E-state index in [-0.39, 0.29) is 12.5 Å². The maximum atomic E-state index is 13.1. The first-order chi connectivity index (χ1) is 15.0. The Kier molecular flexibility index (Phi) is 5.68. The van der Waals surface area contributed by atoms with Crippen molar-refractivity contribution in [2.75, 3.05) is 14.2 Å². The van der Waals surface area contributed by atoms with Crippen molar-refractivity contribution in [1.29, 1.82) is 0 Å². The molecule has 9 heteroatoms. The van der Waals surface area contributed by atoms with Gasteiger partial charge in [0.25, 0.3) is 5.91 Å². The van der Waals surface area contributed by atoms with Crippen LogP contribution in [0.4, 0.5) is 0 Å². The summed E-state index contributed by atoms with van der Waals surface area (Å²) in [6.07, 6.45) is 0. The minimum absolute atomic E-state index is 0.228. The normalized spacial score (nSPS) is 10.8. The molecule has 0 atom stereocenters. The van der Waals surface area contributed by atoms with Crippen molar-refractivity contribution in [3.05, 3.63) is 64.7 Å². The van der Waals surface area contributed by atoms with Gasteiger partial charge in [0, 0.05) is 18.0 Å². The highest BCUT2D eigenvalue weighted by Gasteiger charge is 2.16. The highest BCUT2D eigenvalue weighted by Crippen LogP contribution is 2.33.